The lowest BCUT2D eigenvalue weighted by atomic mass is 10.2. The van der Waals surface area contributed by atoms with E-state index in [1.807, 2.05) is 36.4 Å². The van der Waals surface area contributed by atoms with Crippen molar-refractivity contribution in [1.29, 1.82) is 0 Å². The van der Waals surface area contributed by atoms with Crippen molar-refractivity contribution in [3.63, 3.8) is 0 Å². The molecule has 0 unspecified atom stereocenters. The van der Waals surface area contributed by atoms with E-state index in [-0.39, 0.29) is 63.3 Å². The van der Waals surface area contributed by atoms with Crippen molar-refractivity contribution in [2.24, 2.45) is 0 Å². The first-order chi connectivity index (χ1) is 61.4. The molecule has 6 rings (SSSR count). The topological polar surface area (TPSA) is 155 Å². The lowest BCUT2D eigenvalue weighted by Gasteiger charge is -2.37. The number of halogens is 4. The Morgan fingerprint density at radius 1 is 0.264 bits per heavy atom. The lowest BCUT2D eigenvalue weighted by molar-refractivity contribution is 0.457. The summed E-state index contributed by atoms with van der Waals surface area (Å²) in [5, 5.41) is 37.2. The average molecular weight is 2360 g/mol. The Hall–Kier alpha value is -4.29. The molecule has 0 amide bonds. The fourth-order valence-corrected chi connectivity index (χ4v) is 18.7. The van der Waals surface area contributed by atoms with Gasteiger partial charge in [0.05, 0.1) is 30.1 Å². The molecule has 6 aromatic carbocycles. The Bertz CT molecular complexity index is 4870. The number of hydrogen-bond acceptors (Lipinski definition) is 12. The number of terminal acetylenes is 2. The van der Waals surface area contributed by atoms with Crippen LogP contribution in [-0.4, -0.2) is 127 Å². The molecule has 0 bridgehead atoms. The zero-order chi connectivity index (χ0) is 112. The third-order valence-corrected chi connectivity index (χ3v) is 71.1. The third kappa shape index (κ3) is 52.5. The Morgan fingerprint density at radius 2 is 0.464 bits per heavy atom. The minimum absolute atomic E-state index is 0.0142. The predicted octanol–water partition coefficient (Wildman–Crippen LogP) is 39.2. The summed E-state index contributed by atoms with van der Waals surface area (Å²) in [7, 11) is -21.3. The molecular formula is C111H197Br3ClO12Si13-. The molecule has 0 aliphatic rings. The first-order valence-corrected chi connectivity index (χ1v) is 92.9. The molecule has 0 radical (unpaired) electrons. The average Bonchev–Trinajstić information content (AvgIpc) is 0.792. The molecule has 0 saturated heterocycles. The molecule has 0 atom stereocenters. The third-order valence-electron chi connectivity index (χ3n) is 26.5. The second kappa shape index (κ2) is 52.7. The Morgan fingerprint density at radius 3 is 0.643 bits per heavy atom. The molecule has 4 N–H and O–H groups in total. The van der Waals surface area contributed by atoms with Crippen LogP contribution in [0.15, 0.2) is 123 Å². The van der Waals surface area contributed by atoms with Crippen LogP contribution in [0.5, 0.6) is 69.0 Å². The van der Waals surface area contributed by atoms with Gasteiger partial charge in [-0.2, -0.15) is 11.1 Å². The lowest BCUT2D eigenvalue weighted by Crippen LogP contribution is -2.44. The highest BCUT2D eigenvalue weighted by molar-refractivity contribution is 9.11. The Balaban J connectivity index is -0.00000159. The molecular weight excluding hydrogens is 2170 g/mol. The predicted molar refractivity (Wildman–Crippen MR) is 663 cm³/mol. The summed E-state index contributed by atoms with van der Waals surface area (Å²) in [6, 6.07) is 33.0. The van der Waals surface area contributed by atoms with Crippen LogP contribution in [0.4, 0.5) is 0 Å². The normalized spacial score (nSPS) is 12.9. The first kappa shape index (κ1) is 140. The highest BCUT2D eigenvalue weighted by Gasteiger charge is 2.47. The molecule has 29 heteroatoms. The molecule has 0 fully saturated rings. The fourth-order valence-electron chi connectivity index (χ4n) is 7.92. The number of hydrogen-bond donors (Lipinski definition) is 4. The van der Waals surface area contributed by atoms with E-state index in [2.05, 4.69) is 508 Å². The summed E-state index contributed by atoms with van der Waals surface area (Å²) in [6.07, 6.45) is 10.1. The van der Waals surface area contributed by atoms with Crippen molar-refractivity contribution < 1.29 is 55.8 Å². The maximum atomic E-state index is 8.98. The van der Waals surface area contributed by atoms with Gasteiger partial charge in [0.1, 0.15) is 93.2 Å². The van der Waals surface area contributed by atoms with Gasteiger partial charge in [0.15, 0.2) is 7.38 Å². The van der Waals surface area contributed by atoms with Gasteiger partial charge in [-0.1, -0.05) is 296 Å². The van der Waals surface area contributed by atoms with Crippen LogP contribution in [-0.2, 0) is 0 Å². The molecule has 12 nitrogen and oxygen atoms in total. The fraction of sp³-hybridized carbons (Fsp3) is 0.595. The molecule has 6 aromatic rings. The molecule has 140 heavy (non-hydrogen) atoms. The quantitative estimate of drug-likeness (QED) is 0.0240. The summed E-state index contributed by atoms with van der Waals surface area (Å²) in [4.78, 5) is 0. The SMILES string of the molecule is C#C[Si](C)(C)C.C#Cc1cc(O)ccc1O.CC(C)(C)[Si](C)(C)Cl.CC(C)(C)[Si](C)(C)Oc1ccc(O[Si](C)(C)C(C)(C)C)c(Br)c1.CC(C)(C)[Si](C)(C)Oc1ccc(O[Si](C)(C)C(C)(C)C)c(Br)c1.CC(C)(C)[Si](C)(C)Oc1ccc(O[Si](C)(C)C(C)(C)C)c(C#C[Si](C)(C)C)c1.CC(C)(C)[Si](C)(C)Oc1ccc(O[Si](C)(C)C(C)(C)C)c(C#C[Si](C)(C)C)c1.Oc1ccc(O)c(Br)c1.[CH2-][Si](C)(C)C. The molecule has 0 heterocycles. The van der Waals surface area contributed by atoms with E-state index in [1.165, 1.54) is 36.4 Å². The largest absolute Gasteiger partial charge is 0.543 e. The standard InChI is InChI=1S/2C23H42O2Si3.2C18H33BrO2Si2.C8H6O2.C6H5BrO2.C6H15ClSi.C5H10Si.C4H11Si/c2*1-22(2,3)27(10,11)24-20-14-15-21(25-28(12,13)23(4,5)6)19(18-20)16-17-26(7,8)9;2*1-17(2,3)22(7,8)20-14-11-12-16(15(19)13-14)21-23(9,10)18(4,5)6;1-2-6-5-7(9)3-4-8(6)10;7-5-3-4(8)1-2-6(5)9;1-6(2,3)8(4,5)7;1-5-6(2,3)4;1-5(2,3)4/h2*14-15,18H,1-13H3;2*11-13H,1-10H3;1,3-5,9-10H;1-3,8-9H;1-5H3;1H,2-4H3;1H2,2-4H3/q;;;;;;;;-1. The highest BCUT2D eigenvalue weighted by atomic mass is 79.9. The summed E-state index contributed by atoms with van der Waals surface area (Å²) < 4.78 is 54.3. The second-order valence-corrected chi connectivity index (χ2v) is 122. The van der Waals surface area contributed by atoms with Gasteiger partial charge in [0.25, 0.3) is 33.3 Å². The van der Waals surface area contributed by atoms with Crippen LogP contribution < -0.4 is 35.4 Å². The van der Waals surface area contributed by atoms with Crippen molar-refractivity contribution in [3.8, 4) is 116 Å². The number of phenolic OH excluding ortho intramolecular Hbond substituents is 4. The van der Waals surface area contributed by atoms with Gasteiger partial charge >= 0.3 is 0 Å². The van der Waals surface area contributed by atoms with Gasteiger partial charge in [0, 0.05) is 0 Å². The van der Waals surface area contributed by atoms with Crippen LogP contribution in [0.25, 0.3) is 0 Å². The smallest absolute Gasteiger partial charge is 0.250 e. The number of benzene rings is 6. The van der Waals surface area contributed by atoms with Crippen LogP contribution >= 0.6 is 58.9 Å². The number of aromatic hydroxyl groups is 4. The van der Waals surface area contributed by atoms with E-state index >= 15 is 0 Å². The summed E-state index contributed by atoms with van der Waals surface area (Å²) in [6.45, 7) is 132. The molecule has 0 aliphatic heterocycles. The van der Waals surface area contributed by atoms with Crippen molar-refractivity contribution >= 4 is 165 Å². The van der Waals surface area contributed by atoms with Crippen molar-refractivity contribution in [3.05, 3.63) is 146 Å². The molecule has 0 aliphatic carbocycles. The van der Waals surface area contributed by atoms with E-state index in [9.17, 15) is 0 Å². The van der Waals surface area contributed by atoms with E-state index in [4.69, 9.17) is 79.8 Å². The van der Waals surface area contributed by atoms with Crippen molar-refractivity contribution in [1.82, 2.24) is 0 Å². The molecule has 0 spiro atoms. The van der Waals surface area contributed by atoms with Gasteiger partial charge in [-0.15, -0.1) is 37.6 Å². The Kier molecular flexibility index (Phi) is 52.7. The van der Waals surface area contributed by atoms with Gasteiger partial charge in [0.2, 0.25) is 33.3 Å². The second-order valence-electron chi connectivity index (χ2n) is 54.6. The van der Waals surface area contributed by atoms with Crippen LogP contribution in [0.1, 0.15) is 204 Å². The van der Waals surface area contributed by atoms with Gasteiger partial charge in [-0.3, -0.25) is 0 Å². The monoisotopic (exact) mass is 2360 g/mol. The summed E-state index contributed by atoms with van der Waals surface area (Å²) in [5.74, 6) is 16.7. The minimum Gasteiger partial charge on any atom is -0.543 e. The van der Waals surface area contributed by atoms with Crippen LogP contribution in [0, 0.1) is 53.8 Å². The van der Waals surface area contributed by atoms with Gasteiger partial charge in [-0.25, -0.2) is 0 Å². The van der Waals surface area contributed by atoms with E-state index in [0.29, 0.717) is 15.1 Å². The van der Waals surface area contributed by atoms with Gasteiger partial charge in [-0.05, 0) is 307 Å². The van der Waals surface area contributed by atoms with E-state index in [1.54, 1.807) is 0 Å². The van der Waals surface area contributed by atoms with Crippen molar-refractivity contribution in [2.45, 2.75) is 429 Å². The van der Waals surface area contributed by atoms with E-state index < -0.39 is 106 Å². The van der Waals surface area contributed by atoms with E-state index in [0.717, 1.165) is 66.1 Å². The number of rotatable bonds is 16. The zero-order valence-corrected chi connectivity index (χ0v) is 117. The Labute approximate surface area is 903 Å². The first-order valence-electron chi connectivity index (χ1n) is 49.0. The number of phenols is 4. The maximum Gasteiger partial charge on any atom is 0.250 e. The summed E-state index contributed by atoms with van der Waals surface area (Å²) >= 11 is 16.5. The molecule has 0 aromatic heterocycles. The van der Waals surface area contributed by atoms with Crippen LogP contribution in [0.3, 0.4) is 0 Å². The minimum atomic E-state index is -1.93. The van der Waals surface area contributed by atoms with Crippen molar-refractivity contribution in [2.75, 3.05) is 0 Å². The molecule has 0 saturated carbocycles. The van der Waals surface area contributed by atoms with Gasteiger partial charge < -0.3 is 62.4 Å². The van der Waals surface area contributed by atoms with Crippen LogP contribution in [0.2, 0.25) is 242 Å². The maximum absolute atomic E-state index is 8.98. The molecule has 794 valence electrons. The summed E-state index contributed by atoms with van der Waals surface area (Å²) in [5.41, 5.74) is 12.0. The zero-order valence-electron chi connectivity index (χ0n) is 98.8. The highest BCUT2D eigenvalue weighted by Crippen LogP contribution is 2.49.